The summed E-state index contributed by atoms with van der Waals surface area (Å²) in [4.78, 5) is 40.0. The quantitative estimate of drug-likeness (QED) is 0.597. The first-order valence-corrected chi connectivity index (χ1v) is 11.8. The molecule has 2 fully saturated rings. The molecule has 0 aromatic heterocycles. The van der Waals surface area contributed by atoms with Crippen LogP contribution in [0.15, 0.2) is 42.5 Å². The molecule has 1 heterocycles. The van der Waals surface area contributed by atoms with Gasteiger partial charge in [0.05, 0.1) is 30.6 Å². The van der Waals surface area contributed by atoms with Crippen LogP contribution in [0.25, 0.3) is 0 Å². The first kappa shape index (κ1) is 23.8. The van der Waals surface area contributed by atoms with Crippen LogP contribution in [0.5, 0.6) is 0 Å². The van der Waals surface area contributed by atoms with E-state index in [0.29, 0.717) is 56.1 Å². The van der Waals surface area contributed by atoms with Crippen molar-refractivity contribution in [2.45, 2.75) is 32.6 Å². The topological polar surface area (TPSA) is 108 Å². The summed E-state index contributed by atoms with van der Waals surface area (Å²) in [5.74, 6) is -2.76. The molecular formula is C26H31N3O5. The van der Waals surface area contributed by atoms with E-state index in [1.54, 1.807) is 12.1 Å². The molecule has 2 atom stereocenters. The van der Waals surface area contributed by atoms with E-state index in [1.165, 1.54) is 0 Å². The second-order valence-corrected chi connectivity index (χ2v) is 8.98. The molecule has 180 valence electrons. The third-order valence-corrected chi connectivity index (χ3v) is 6.56. The molecule has 2 aromatic carbocycles. The standard InChI is InChI=1S/C26H31N3O5/c1-17-5-4-6-18(15-17)27-25(31)22-16-19(9-10-23(22)29-11-13-34-14-12-29)28-24(30)20-7-2-3-8-21(20)26(32)33/h4-6,9-10,15-16,20-21H,2-3,7-8,11-14H2,1H3,(H,27,31)(H,28,30)(H,32,33)/t20-,21-/m1/s1. The number of carboxylic acids is 1. The Kier molecular flexibility index (Phi) is 7.47. The minimum absolute atomic E-state index is 0.274. The van der Waals surface area contributed by atoms with Gasteiger partial charge in [-0.3, -0.25) is 14.4 Å². The number of morpholine rings is 1. The molecule has 34 heavy (non-hydrogen) atoms. The van der Waals surface area contributed by atoms with Crippen LogP contribution in [0.1, 0.15) is 41.6 Å². The maximum atomic E-state index is 13.3. The number of amides is 2. The first-order chi connectivity index (χ1) is 16.4. The van der Waals surface area contributed by atoms with Gasteiger partial charge in [-0.25, -0.2) is 0 Å². The Bertz CT molecular complexity index is 1060. The van der Waals surface area contributed by atoms with Crippen molar-refractivity contribution >= 4 is 34.8 Å². The Morgan fingerprint density at radius 3 is 2.35 bits per heavy atom. The fourth-order valence-corrected chi connectivity index (χ4v) is 4.77. The lowest BCUT2D eigenvalue weighted by Gasteiger charge is -2.31. The first-order valence-electron chi connectivity index (χ1n) is 11.8. The lowest BCUT2D eigenvalue weighted by molar-refractivity contribution is -0.147. The molecule has 4 rings (SSSR count). The highest BCUT2D eigenvalue weighted by Crippen LogP contribution is 2.32. The molecule has 0 spiro atoms. The molecule has 8 heteroatoms. The minimum Gasteiger partial charge on any atom is -0.481 e. The Morgan fingerprint density at radius 1 is 0.941 bits per heavy atom. The molecule has 2 amide bonds. The van der Waals surface area contributed by atoms with Crippen molar-refractivity contribution in [3.63, 3.8) is 0 Å². The van der Waals surface area contributed by atoms with Crippen molar-refractivity contribution in [3.8, 4) is 0 Å². The van der Waals surface area contributed by atoms with E-state index in [-0.39, 0.29) is 11.8 Å². The number of benzene rings is 2. The van der Waals surface area contributed by atoms with Gasteiger partial charge in [0.1, 0.15) is 0 Å². The van der Waals surface area contributed by atoms with E-state index in [1.807, 2.05) is 37.3 Å². The summed E-state index contributed by atoms with van der Waals surface area (Å²) in [5, 5.41) is 15.4. The number of carboxylic acid groups (broad SMARTS) is 1. The molecule has 1 saturated heterocycles. The monoisotopic (exact) mass is 465 g/mol. The van der Waals surface area contributed by atoms with Crippen LogP contribution < -0.4 is 15.5 Å². The van der Waals surface area contributed by atoms with Crippen LogP contribution in [-0.4, -0.2) is 49.2 Å². The maximum absolute atomic E-state index is 13.3. The zero-order chi connectivity index (χ0) is 24.1. The second-order valence-electron chi connectivity index (χ2n) is 8.98. The average molecular weight is 466 g/mol. The number of carbonyl (C=O) groups is 3. The summed E-state index contributed by atoms with van der Waals surface area (Å²) >= 11 is 0. The van der Waals surface area contributed by atoms with Gasteiger partial charge in [0.15, 0.2) is 0 Å². The molecule has 0 unspecified atom stereocenters. The third-order valence-electron chi connectivity index (χ3n) is 6.56. The highest BCUT2D eigenvalue weighted by atomic mass is 16.5. The van der Waals surface area contributed by atoms with Crippen molar-refractivity contribution in [2.24, 2.45) is 11.8 Å². The van der Waals surface area contributed by atoms with Crippen molar-refractivity contribution in [1.82, 2.24) is 0 Å². The van der Waals surface area contributed by atoms with Gasteiger partial charge in [0.2, 0.25) is 5.91 Å². The summed E-state index contributed by atoms with van der Waals surface area (Å²) in [6.07, 6.45) is 2.71. The normalized spacial score (nSPS) is 20.4. The molecule has 8 nitrogen and oxygen atoms in total. The zero-order valence-corrected chi connectivity index (χ0v) is 19.4. The SMILES string of the molecule is Cc1cccc(NC(=O)c2cc(NC(=O)[C@@H]3CCCC[C@H]3C(=O)O)ccc2N2CCOCC2)c1. The number of carbonyl (C=O) groups excluding carboxylic acids is 2. The molecule has 3 N–H and O–H groups in total. The number of nitrogens with one attached hydrogen (secondary N) is 2. The average Bonchev–Trinajstić information content (AvgIpc) is 2.84. The number of ether oxygens (including phenoxy) is 1. The molecular weight excluding hydrogens is 434 g/mol. The van der Waals surface area contributed by atoms with Crippen LogP contribution in [0, 0.1) is 18.8 Å². The van der Waals surface area contributed by atoms with Crippen molar-refractivity contribution in [1.29, 1.82) is 0 Å². The zero-order valence-electron chi connectivity index (χ0n) is 19.4. The molecule has 1 saturated carbocycles. The Balaban J connectivity index is 1.59. The number of hydrogen-bond donors (Lipinski definition) is 3. The molecule has 0 radical (unpaired) electrons. The summed E-state index contributed by atoms with van der Waals surface area (Å²) in [5.41, 5.74) is 3.42. The summed E-state index contributed by atoms with van der Waals surface area (Å²) < 4.78 is 5.46. The van der Waals surface area contributed by atoms with Crippen molar-refractivity contribution in [2.75, 3.05) is 41.8 Å². The van der Waals surface area contributed by atoms with Crippen LogP contribution in [0.2, 0.25) is 0 Å². The number of hydrogen-bond acceptors (Lipinski definition) is 5. The number of anilines is 3. The Hall–Kier alpha value is -3.39. The van der Waals surface area contributed by atoms with Crippen LogP contribution in [-0.2, 0) is 14.3 Å². The van der Waals surface area contributed by atoms with Gasteiger partial charge in [-0.2, -0.15) is 0 Å². The Morgan fingerprint density at radius 2 is 1.65 bits per heavy atom. The van der Waals surface area contributed by atoms with Crippen molar-refractivity contribution < 1.29 is 24.2 Å². The summed E-state index contributed by atoms with van der Waals surface area (Å²) in [7, 11) is 0. The smallest absolute Gasteiger partial charge is 0.307 e. The Labute approximate surface area is 199 Å². The number of aryl methyl sites for hydroxylation is 1. The predicted octanol–water partition coefficient (Wildman–Crippen LogP) is 3.91. The van der Waals surface area contributed by atoms with E-state index in [4.69, 9.17) is 4.74 Å². The van der Waals surface area contributed by atoms with E-state index in [9.17, 15) is 19.5 Å². The lowest BCUT2D eigenvalue weighted by Crippen LogP contribution is -2.37. The van der Waals surface area contributed by atoms with Gasteiger partial charge in [0.25, 0.3) is 5.91 Å². The van der Waals surface area contributed by atoms with E-state index in [0.717, 1.165) is 24.1 Å². The van der Waals surface area contributed by atoms with E-state index < -0.39 is 17.8 Å². The fraction of sp³-hybridized carbons (Fsp3) is 0.423. The molecule has 2 aromatic rings. The number of aliphatic carboxylic acids is 1. The fourth-order valence-electron chi connectivity index (χ4n) is 4.77. The van der Waals surface area contributed by atoms with Gasteiger partial charge in [-0.05, 0) is 55.7 Å². The third kappa shape index (κ3) is 5.56. The molecule has 1 aliphatic carbocycles. The van der Waals surface area contributed by atoms with Gasteiger partial charge in [-0.15, -0.1) is 0 Å². The maximum Gasteiger partial charge on any atom is 0.307 e. The van der Waals surface area contributed by atoms with Crippen molar-refractivity contribution in [3.05, 3.63) is 53.6 Å². The minimum atomic E-state index is -0.930. The lowest BCUT2D eigenvalue weighted by atomic mass is 9.78. The largest absolute Gasteiger partial charge is 0.481 e. The van der Waals surface area contributed by atoms with Crippen LogP contribution in [0.3, 0.4) is 0 Å². The summed E-state index contributed by atoms with van der Waals surface area (Å²) in [6, 6.07) is 12.8. The predicted molar refractivity (Wildman–Crippen MR) is 130 cm³/mol. The second kappa shape index (κ2) is 10.7. The molecule has 1 aliphatic heterocycles. The highest BCUT2D eigenvalue weighted by molar-refractivity contribution is 6.09. The summed E-state index contributed by atoms with van der Waals surface area (Å²) in [6.45, 7) is 4.45. The van der Waals surface area contributed by atoms with E-state index in [2.05, 4.69) is 15.5 Å². The van der Waals surface area contributed by atoms with Crippen LogP contribution in [0.4, 0.5) is 17.1 Å². The van der Waals surface area contributed by atoms with Crippen LogP contribution >= 0.6 is 0 Å². The molecule has 0 bridgehead atoms. The van der Waals surface area contributed by atoms with Gasteiger partial charge < -0.3 is 25.4 Å². The van der Waals surface area contributed by atoms with E-state index >= 15 is 0 Å². The van der Waals surface area contributed by atoms with Gasteiger partial charge >= 0.3 is 5.97 Å². The van der Waals surface area contributed by atoms with Gasteiger partial charge in [-0.1, -0.05) is 25.0 Å². The number of rotatable bonds is 6. The van der Waals surface area contributed by atoms with Gasteiger partial charge in [0, 0.05) is 30.2 Å². The highest BCUT2D eigenvalue weighted by Gasteiger charge is 2.35. The number of nitrogens with zero attached hydrogens (tertiary/aromatic N) is 1. The molecule has 2 aliphatic rings.